The molecule has 17 heavy (non-hydrogen) atoms. The Bertz CT molecular complexity index is 343. The van der Waals surface area contributed by atoms with Gasteiger partial charge < -0.3 is 11.1 Å². The molecule has 0 saturated heterocycles. The van der Waals surface area contributed by atoms with Crippen LogP contribution in [-0.2, 0) is 11.3 Å². The van der Waals surface area contributed by atoms with Gasteiger partial charge in [0.2, 0.25) is 5.91 Å². The molecule has 1 atom stereocenters. The lowest BCUT2D eigenvalue weighted by Gasteiger charge is -2.27. The van der Waals surface area contributed by atoms with Crippen LogP contribution in [-0.4, -0.2) is 27.3 Å². The van der Waals surface area contributed by atoms with Crippen LogP contribution in [0.3, 0.4) is 0 Å². The van der Waals surface area contributed by atoms with Gasteiger partial charge in [-0.05, 0) is 25.8 Å². The van der Waals surface area contributed by atoms with Crippen LogP contribution in [0.4, 0.5) is 0 Å². The van der Waals surface area contributed by atoms with Crippen molar-refractivity contribution in [1.82, 2.24) is 15.1 Å². The van der Waals surface area contributed by atoms with Gasteiger partial charge in [0, 0.05) is 18.4 Å². The highest BCUT2D eigenvalue weighted by Gasteiger charge is 2.30. The summed E-state index contributed by atoms with van der Waals surface area (Å²) in [5.74, 6) is -0.0813. The van der Waals surface area contributed by atoms with Gasteiger partial charge in [-0.25, -0.2) is 0 Å². The maximum atomic E-state index is 12.0. The van der Waals surface area contributed by atoms with Crippen LogP contribution >= 0.6 is 0 Å². The average Bonchev–Trinajstić information content (AvgIpc) is 2.80. The third-order valence-corrected chi connectivity index (χ3v) is 3.11. The molecular weight excluding hydrogens is 216 g/mol. The molecule has 0 aliphatic carbocycles. The number of aromatic nitrogens is 2. The minimum Gasteiger partial charge on any atom is -0.350 e. The molecule has 0 saturated carbocycles. The first kappa shape index (κ1) is 13.7. The maximum Gasteiger partial charge on any atom is 0.240 e. The van der Waals surface area contributed by atoms with Crippen molar-refractivity contribution in [2.24, 2.45) is 5.73 Å². The fraction of sp³-hybridized carbons (Fsp3) is 0.667. The lowest BCUT2D eigenvalue weighted by Crippen LogP contribution is -2.55. The number of carbonyl (C=O) groups is 1. The lowest BCUT2D eigenvalue weighted by atomic mass is 9.93. The molecule has 0 fully saturated rings. The van der Waals surface area contributed by atoms with E-state index in [0.717, 1.165) is 0 Å². The van der Waals surface area contributed by atoms with Gasteiger partial charge in [-0.2, -0.15) is 5.10 Å². The van der Waals surface area contributed by atoms with Gasteiger partial charge in [-0.3, -0.25) is 9.48 Å². The van der Waals surface area contributed by atoms with Crippen molar-refractivity contribution in [3.05, 3.63) is 18.5 Å². The van der Waals surface area contributed by atoms with Crippen molar-refractivity contribution >= 4 is 5.91 Å². The number of nitrogens with zero attached hydrogens (tertiary/aromatic N) is 2. The SMILES string of the molecule is CCC(N)(CC)C(=O)NC(C)Cn1cccn1. The van der Waals surface area contributed by atoms with Gasteiger partial charge in [0.15, 0.2) is 0 Å². The third-order valence-electron chi connectivity index (χ3n) is 3.11. The Balaban J connectivity index is 2.51. The van der Waals surface area contributed by atoms with Crippen molar-refractivity contribution in [3.63, 3.8) is 0 Å². The largest absolute Gasteiger partial charge is 0.350 e. The maximum absolute atomic E-state index is 12.0. The van der Waals surface area contributed by atoms with Crippen molar-refractivity contribution in [1.29, 1.82) is 0 Å². The minimum absolute atomic E-state index is 0.0171. The fourth-order valence-corrected chi connectivity index (χ4v) is 1.67. The van der Waals surface area contributed by atoms with Gasteiger partial charge in [0.1, 0.15) is 0 Å². The van der Waals surface area contributed by atoms with E-state index in [2.05, 4.69) is 10.4 Å². The minimum atomic E-state index is -0.752. The van der Waals surface area contributed by atoms with E-state index in [1.165, 1.54) is 0 Å². The molecule has 96 valence electrons. The van der Waals surface area contributed by atoms with Crippen LogP contribution in [0, 0.1) is 0 Å². The summed E-state index contributed by atoms with van der Waals surface area (Å²) in [6.45, 7) is 6.47. The zero-order valence-corrected chi connectivity index (χ0v) is 10.8. The number of rotatable bonds is 6. The topological polar surface area (TPSA) is 72.9 Å². The number of hydrogen-bond acceptors (Lipinski definition) is 3. The molecule has 0 aromatic carbocycles. The van der Waals surface area contributed by atoms with E-state index in [-0.39, 0.29) is 11.9 Å². The Kier molecular flexibility index (Phi) is 4.69. The normalized spacial score (nSPS) is 13.4. The second kappa shape index (κ2) is 5.82. The Morgan fingerprint density at radius 3 is 2.65 bits per heavy atom. The summed E-state index contributed by atoms with van der Waals surface area (Å²) in [5, 5.41) is 7.04. The summed E-state index contributed by atoms with van der Waals surface area (Å²) in [4.78, 5) is 12.0. The number of nitrogens with two attached hydrogens (primary N) is 1. The highest BCUT2D eigenvalue weighted by Crippen LogP contribution is 2.11. The Morgan fingerprint density at radius 2 is 2.18 bits per heavy atom. The molecule has 1 aromatic rings. The molecule has 1 rings (SSSR count). The lowest BCUT2D eigenvalue weighted by molar-refractivity contribution is -0.127. The third kappa shape index (κ3) is 3.56. The van der Waals surface area contributed by atoms with E-state index in [0.29, 0.717) is 19.4 Å². The van der Waals surface area contributed by atoms with Gasteiger partial charge in [-0.15, -0.1) is 0 Å². The molecule has 5 nitrogen and oxygen atoms in total. The zero-order valence-electron chi connectivity index (χ0n) is 10.8. The smallest absolute Gasteiger partial charge is 0.240 e. The molecule has 3 N–H and O–H groups in total. The van der Waals surface area contributed by atoms with E-state index in [1.54, 1.807) is 10.9 Å². The summed E-state index contributed by atoms with van der Waals surface area (Å²) in [6.07, 6.45) is 4.88. The summed E-state index contributed by atoms with van der Waals surface area (Å²) >= 11 is 0. The average molecular weight is 238 g/mol. The summed E-state index contributed by atoms with van der Waals surface area (Å²) < 4.78 is 1.79. The quantitative estimate of drug-likeness (QED) is 0.773. The van der Waals surface area contributed by atoms with E-state index in [9.17, 15) is 4.79 Å². The molecular formula is C12H22N4O. The highest BCUT2D eigenvalue weighted by molar-refractivity contribution is 5.86. The molecule has 0 aliphatic heterocycles. The first-order chi connectivity index (χ1) is 8.01. The number of hydrogen-bond donors (Lipinski definition) is 2. The summed E-state index contributed by atoms with van der Waals surface area (Å²) in [7, 11) is 0. The molecule has 0 aliphatic rings. The van der Waals surface area contributed by atoms with E-state index in [4.69, 9.17) is 5.73 Å². The fourth-order valence-electron chi connectivity index (χ4n) is 1.67. The van der Waals surface area contributed by atoms with E-state index in [1.807, 2.05) is 33.0 Å². The summed E-state index contributed by atoms with van der Waals surface area (Å²) in [5.41, 5.74) is 5.28. The first-order valence-corrected chi connectivity index (χ1v) is 6.09. The van der Waals surface area contributed by atoms with Crippen molar-refractivity contribution in [2.45, 2.75) is 51.7 Å². The molecule has 0 spiro atoms. The Hall–Kier alpha value is -1.36. The van der Waals surface area contributed by atoms with Gasteiger partial charge >= 0.3 is 0 Å². The predicted molar refractivity (Wildman–Crippen MR) is 67.3 cm³/mol. The molecule has 0 bridgehead atoms. The van der Waals surface area contributed by atoms with Gasteiger partial charge in [0.25, 0.3) is 0 Å². The molecule has 0 radical (unpaired) electrons. The standard InChI is InChI=1S/C12H22N4O/c1-4-12(13,5-2)11(17)15-10(3)9-16-8-6-7-14-16/h6-8,10H,4-5,9,13H2,1-3H3,(H,15,17). The van der Waals surface area contributed by atoms with Crippen molar-refractivity contribution < 1.29 is 4.79 Å². The van der Waals surface area contributed by atoms with Crippen LogP contribution in [0.2, 0.25) is 0 Å². The number of amides is 1. The predicted octanol–water partition coefficient (Wildman–Crippen LogP) is 0.905. The first-order valence-electron chi connectivity index (χ1n) is 6.09. The van der Waals surface area contributed by atoms with Crippen LogP contribution in [0.25, 0.3) is 0 Å². The highest BCUT2D eigenvalue weighted by atomic mass is 16.2. The molecule has 1 aromatic heterocycles. The van der Waals surface area contributed by atoms with E-state index < -0.39 is 5.54 Å². The molecule has 1 unspecified atom stereocenters. The second-order valence-electron chi connectivity index (χ2n) is 4.47. The van der Waals surface area contributed by atoms with Crippen LogP contribution in [0.5, 0.6) is 0 Å². The van der Waals surface area contributed by atoms with Gasteiger partial charge in [-0.1, -0.05) is 13.8 Å². The molecule has 1 heterocycles. The molecule has 1 amide bonds. The number of carbonyl (C=O) groups excluding carboxylic acids is 1. The van der Waals surface area contributed by atoms with Crippen molar-refractivity contribution in [3.8, 4) is 0 Å². The molecule has 5 heteroatoms. The van der Waals surface area contributed by atoms with Gasteiger partial charge in [0.05, 0.1) is 12.1 Å². The Labute approximate surface area is 102 Å². The Morgan fingerprint density at radius 1 is 1.53 bits per heavy atom. The second-order valence-corrected chi connectivity index (χ2v) is 4.47. The number of nitrogens with one attached hydrogen (secondary N) is 1. The van der Waals surface area contributed by atoms with Crippen LogP contribution in [0.15, 0.2) is 18.5 Å². The van der Waals surface area contributed by atoms with E-state index >= 15 is 0 Å². The summed E-state index contributed by atoms with van der Waals surface area (Å²) in [6, 6.07) is 1.88. The monoisotopic (exact) mass is 238 g/mol. The van der Waals surface area contributed by atoms with Crippen LogP contribution < -0.4 is 11.1 Å². The van der Waals surface area contributed by atoms with Crippen molar-refractivity contribution in [2.75, 3.05) is 0 Å². The van der Waals surface area contributed by atoms with Crippen LogP contribution in [0.1, 0.15) is 33.6 Å². The zero-order chi connectivity index (χ0) is 12.9.